The third kappa shape index (κ3) is 4.57. The molecule has 4 heterocycles. The lowest BCUT2D eigenvalue weighted by Gasteiger charge is -2.17. The van der Waals surface area contributed by atoms with Crippen molar-refractivity contribution in [1.82, 2.24) is 18.8 Å². The van der Waals surface area contributed by atoms with Crippen LogP contribution in [0.15, 0.2) is 182 Å². The largest absolute Gasteiger partial charge is 0.457 e. The van der Waals surface area contributed by atoms with E-state index in [1.165, 1.54) is 21.9 Å². The highest BCUT2D eigenvalue weighted by atomic mass is 16.5. The van der Waals surface area contributed by atoms with Crippen LogP contribution in [-0.4, -0.2) is 18.8 Å². The lowest BCUT2D eigenvalue weighted by atomic mass is 9.91. The first-order chi connectivity index (χ1) is 26.3. The molecule has 0 aliphatic rings. The van der Waals surface area contributed by atoms with Gasteiger partial charge in [0.15, 0.2) is 0 Å². The summed E-state index contributed by atoms with van der Waals surface area (Å²) in [6, 6.07) is 57.4. The van der Waals surface area contributed by atoms with Crippen molar-refractivity contribution in [1.29, 1.82) is 0 Å². The third-order valence-corrected chi connectivity index (χ3v) is 10.5. The topological polar surface area (TPSA) is 43.8 Å². The molecule has 5 nitrogen and oxygen atoms in total. The maximum Gasteiger partial charge on any atom is 0.145 e. The Morgan fingerprint density at radius 3 is 1.79 bits per heavy atom. The summed E-state index contributed by atoms with van der Waals surface area (Å²) in [6.07, 6.45) is 5.93. The van der Waals surface area contributed by atoms with Crippen molar-refractivity contribution in [3.8, 4) is 45.0 Å². The first-order valence-electron chi connectivity index (χ1n) is 17.8. The van der Waals surface area contributed by atoms with Crippen LogP contribution in [0.3, 0.4) is 0 Å². The van der Waals surface area contributed by atoms with Crippen molar-refractivity contribution >= 4 is 54.6 Å². The number of ether oxygens (including phenoxy) is 1. The van der Waals surface area contributed by atoms with Crippen molar-refractivity contribution < 1.29 is 4.74 Å². The second-order valence-electron chi connectivity index (χ2n) is 13.4. The van der Waals surface area contributed by atoms with Crippen LogP contribution >= 0.6 is 0 Å². The van der Waals surface area contributed by atoms with E-state index in [4.69, 9.17) is 14.7 Å². The number of imidazole rings is 2. The van der Waals surface area contributed by atoms with Crippen LogP contribution in [0.5, 0.6) is 11.5 Å². The van der Waals surface area contributed by atoms with Crippen LogP contribution < -0.4 is 4.74 Å². The number of nitrogens with zero attached hydrogens (tertiary/aromatic N) is 4. The minimum atomic E-state index is 0.742. The molecule has 0 bridgehead atoms. The van der Waals surface area contributed by atoms with Crippen LogP contribution in [0, 0.1) is 0 Å². The van der Waals surface area contributed by atoms with Crippen LogP contribution in [0.25, 0.3) is 88.2 Å². The van der Waals surface area contributed by atoms with Gasteiger partial charge in [-0.05, 0) is 69.9 Å². The molecule has 0 atom stereocenters. The highest BCUT2D eigenvalue weighted by Crippen LogP contribution is 2.43. The van der Waals surface area contributed by atoms with Crippen LogP contribution in [0.4, 0.5) is 0 Å². The summed E-state index contributed by atoms with van der Waals surface area (Å²) >= 11 is 0. The van der Waals surface area contributed by atoms with E-state index in [-0.39, 0.29) is 0 Å². The summed E-state index contributed by atoms with van der Waals surface area (Å²) in [5, 5.41) is 6.67. The van der Waals surface area contributed by atoms with Crippen molar-refractivity contribution in [2.45, 2.75) is 0 Å². The van der Waals surface area contributed by atoms with Gasteiger partial charge in [0.1, 0.15) is 22.8 Å². The second kappa shape index (κ2) is 11.7. The number of benzene rings is 7. The Hall–Kier alpha value is -7.24. The normalized spacial score (nSPS) is 11.8. The van der Waals surface area contributed by atoms with E-state index in [1.807, 2.05) is 18.5 Å². The highest BCUT2D eigenvalue weighted by Gasteiger charge is 2.19. The van der Waals surface area contributed by atoms with Gasteiger partial charge in [-0.25, -0.2) is 9.97 Å². The average molecular weight is 679 g/mol. The highest BCUT2D eigenvalue weighted by molar-refractivity contribution is 6.20. The molecule has 0 fully saturated rings. The van der Waals surface area contributed by atoms with Gasteiger partial charge in [-0.15, -0.1) is 0 Å². The SMILES string of the molecule is c1ccc(-c2ccc(-c3ccccc3)c3c2c2ccc(Oc4ccc5c6ccccc6n6c(-c7ccccc7)cnc6c5c4)cc2c2nccn23)cc1. The fraction of sp³-hybridized carbons (Fsp3) is 0. The molecule has 0 radical (unpaired) electrons. The molecule has 0 saturated carbocycles. The van der Waals surface area contributed by atoms with Crippen molar-refractivity contribution in [2.75, 3.05) is 0 Å². The summed E-state index contributed by atoms with van der Waals surface area (Å²) in [5.41, 5.74) is 10.9. The fourth-order valence-corrected chi connectivity index (χ4v) is 8.13. The minimum absolute atomic E-state index is 0.742. The molecule has 0 spiro atoms. The summed E-state index contributed by atoms with van der Waals surface area (Å²) in [7, 11) is 0. The van der Waals surface area contributed by atoms with Gasteiger partial charge in [0, 0.05) is 45.1 Å². The molecule has 0 aliphatic carbocycles. The van der Waals surface area contributed by atoms with Gasteiger partial charge in [0.2, 0.25) is 0 Å². The van der Waals surface area contributed by atoms with Gasteiger partial charge in [-0.3, -0.25) is 8.80 Å². The Labute approximate surface area is 304 Å². The predicted molar refractivity (Wildman–Crippen MR) is 217 cm³/mol. The fourth-order valence-electron chi connectivity index (χ4n) is 8.13. The molecule has 0 saturated heterocycles. The van der Waals surface area contributed by atoms with Gasteiger partial charge in [0.05, 0.1) is 22.9 Å². The van der Waals surface area contributed by atoms with E-state index in [9.17, 15) is 0 Å². The smallest absolute Gasteiger partial charge is 0.145 e. The lowest BCUT2D eigenvalue weighted by molar-refractivity contribution is 0.484. The molecule has 11 rings (SSSR count). The summed E-state index contributed by atoms with van der Waals surface area (Å²) < 4.78 is 11.2. The van der Waals surface area contributed by atoms with Crippen LogP contribution in [0.2, 0.25) is 0 Å². The zero-order valence-corrected chi connectivity index (χ0v) is 28.5. The van der Waals surface area contributed by atoms with E-state index in [0.717, 1.165) is 77.8 Å². The minimum Gasteiger partial charge on any atom is -0.457 e. The standard InChI is InChI=1S/C48H30N4O/c1-4-12-31(13-5-1)36-24-25-37(32-14-6-2-7-15-32)46-45(36)40-23-21-35(29-42(40)47-49-26-27-51(46)47)53-34-20-22-38-39-18-10-11-19-43(39)52-44(33-16-8-3-9-17-33)30-50-48(52)41(38)28-34/h1-30H. The first-order valence-corrected chi connectivity index (χ1v) is 17.8. The summed E-state index contributed by atoms with van der Waals surface area (Å²) in [4.78, 5) is 9.89. The second-order valence-corrected chi connectivity index (χ2v) is 13.4. The van der Waals surface area contributed by atoms with E-state index in [2.05, 4.69) is 173 Å². The van der Waals surface area contributed by atoms with Gasteiger partial charge in [-0.1, -0.05) is 121 Å². The molecular formula is C48H30N4O. The number of pyridine rings is 2. The number of fused-ring (bicyclic) bond motifs is 12. The molecule has 7 aromatic carbocycles. The predicted octanol–water partition coefficient (Wildman–Crippen LogP) is 12.4. The molecule has 0 aliphatic heterocycles. The Kier molecular flexibility index (Phi) is 6.48. The van der Waals surface area contributed by atoms with Gasteiger partial charge in [-0.2, -0.15) is 0 Å². The number of aromatic nitrogens is 4. The molecule has 11 aromatic rings. The number of rotatable bonds is 5. The maximum atomic E-state index is 6.72. The summed E-state index contributed by atoms with van der Waals surface area (Å²) in [6.45, 7) is 0. The Balaban J connectivity index is 1.11. The number of hydrogen-bond donors (Lipinski definition) is 0. The molecule has 53 heavy (non-hydrogen) atoms. The first kappa shape index (κ1) is 29.5. The van der Waals surface area contributed by atoms with E-state index < -0.39 is 0 Å². The average Bonchev–Trinajstić information content (AvgIpc) is 3.91. The van der Waals surface area contributed by atoms with Crippen molar-refractivity contribution in [3.05, 3.63) is 182 Å². The molecule has 0 N–H and O–H groups in total. The maximum absolute atomic E-state index is 6.72. The van der Waals surface area contributed by atoms with Crippen molar-refractivity contribution in [3.63, 3.8) is 0 Å². The van der Waals surface area contributed by atoms with E-state index >= 15 is 0 Å². The molecule has 248 valence electrons. The van der Waals surface area contributed by atoms with Crippen LogP contribution in [-0.2, 0) is 0 Å². The van der Waals surface area contributed by atoms with Crippen molar-refractivity contribution in [2.24, 2.45) is 0 Å². The summed E-state index contributed by atoms with van der Waals surface area (Å²) in [5.74, 6) is 1.49. The Morgan fingerprint density at radius 1 is 0.453 bits per heavy atom. The molecule has 5 heteroatoms. The molecule has 4 aromatic heterocycles. The molecule has 0 amide bonds. The molecular weight excluding hydrogens is 649 g/mol. The zero-order chi connectivity index (χ0) is 34.9. The Bertz CT molecular complexity index is 3180. The van der Waals surface area contributed by atoms with Gasteiger partial charge < -0.3 is 4.74 Å². The monoisotopic (exact) mass is 678 g/mol. The van der Waals surface area contributed by atoms with E-state index in [0.29, 0.717) is 0 Å². The quantitative estimate of drug-likeness (QED) is 0.170. The lowest BCUT2D eigenvalue weighted by Crippen LogP contribution is -1.96. The van der Waals surface area contributed by atoms with Gasteiger partial charge in [0.25, 0.3) is 0 Å². The molecule has 0 unspecified atom stereocenters. The van der Waals surface area contributed by atoms with Gasteiger partial charge >= 0.3 is 0 Å². The number of para-hydroxylation sites is 1. The van der Waals surface area contributed by atoms with E-state index in [1.54, 1.807) is 0 Å². The zero-order valence-electron chi connectivity index (χ0n) is 28.5. The Morgan fingerprint density at radius 2 is 1.06 bits per heavy atom. The number of hydrogen-bond acceptors (Lipinski definition) is 3. The third-order valence-electron chi connectivity index (χ3n) is 10.5. The van der Waals surface area contributed by atoms with Crippen LogP contribution in [0.1, 0.15) is 0 Å².